The van der Waals surface area contributed by atoms with Gasteiger partial charge in [-0.25, -0.2) is 9.97 Å². The number of aryl methyl sites for hydroxylation is 1. The summed E-state index contributed by atoms with van der Waals surface area (Å²) >= 11 is 0. The molecule has 4 rings (SSSR count). The SMILES string of the molecule is Cc1nccc(-c2cccc(N(c3ccccc3)c3ccccc3)c2)n1. The Balaban J connectivity index is 1.83. The van der Waals surface area contributed by atoms with Crippen molar-refractivity contribution < 1.29 is 0 Å². The van der Waals surface area contributed by atoms with E-state index in [1.54, 1.807) is 6.20 Å². The lowest BCUT2D eigenvalue weighted by Crippen LogP contribution is -2.09. The topological polar surface area (TPSA) is 29.0 Å². The third-order valence-electron chi connectivity index (χ3n) is 4.20. The van der Waals surface area contributed by atoms with E-state index in [1.807, 2.05) is 25.1 Å². The Morgan fingerprint density at radius 2 is 1.27 bits per heavy atom. The van der Waals surface area contributed by atoms with Gasteiger partial charge in [0.1, 0.15) is 5.82 Å². The van der Waals surface area contributed by atoms with Crippen molar-refractivity contribution in [3.63, 3.8) is 0 Å². The molecule has 3 nitrogen and oxygen atoms in total. The zero-order chi connectivity index (χ0) is 17.8. The number of hydrogen-bond donors (Lipinski definition) is 0. The maximum absolute atomic E-state index is 4.56. The molecule has 0 spiro atoms. The number of para-hydroxylation sites is 2. The lowest BCUT2D eigenvalue weighted by atomic mass is 10.1. The monoisotopic (exact) mass is 337 g/mol. The third-order valence-corrected chi connectivity index (χ3v) is 4.20. The van der Waals surface area contributed by atoms with Gasteiger partial charge in [-0.3, -0.25) is 0 Å². The Bertz CT molecular complexity index is 958. The summed E-state index contributed by atoms with van der Waals surface area (Å²) in [5.41, 5.74) is 5.34. The number of aromatic nitrogens is 2. The lowest BCUT2D eigenvalue weighted by Gasteiger charge is -2.25. The van der Waals surface area contributed by atoms with Crippen LogP contribution in [0.5, 0.6) is 0 Å². The van der Waals surface area contributed by atoms with E-state index in [1.165, 1.54) is 0 Å². The van der Waals surface area contributed by atoms with Crippen LogP contribution in [0.2, 0.25) is 0 Å². The summed E-state index contributed by atoms with van der Waals surface area (Å²) in [5, 5.41) is 0. The minimum absolute atomic E-state index is 0.774. The second-order valence-corrected chi connectivity index (χ2v) is 6.05. The molecule has 0 amide bonds. The number of hydrogen-bond acceptors (Lipinski definition) is 3. The van der Waals surface area contributed by atoms with Crippen molar-refractivity contribution >= 4 is 17.1 Å². The molecule has 126 valence electrons. The van der Waals surface area contributed by atoms with Crippen LogP contribution in [0.25, 0.3) is 11.3 Å². The molecular weight excluding hydrogens is 318 g/mol. The van der Waals surface area contributed by atoms with E-state index in [9.17, 15) is 0 Å². The Morgan fingerprint density at radius 1 is 0.654 bits per heavy atom. The quantitative estimate of drug-likeness (QED) is 0.463. The highest BCUT2D eigenvalue weighted by molar-refractivity contribution is 5.79. The van der Waals surface area contributed by atoms with Crippen molar-refractivity contribution in [1.29, 1.82) is 0 Å². The maximum Gasteiger partial charge on any atom is 0.125 e. The van der Waals surface area contributed by atoms with Crippen molar-refractivity contribution in [2.24, 2.45) is 0 Å². The van der Waals surface area contributed by atoms with E-state index in [0.29, 0.717) is 0 Å². The molecule has 26 heavy (non-hydrogen) atoms. The number of anilines is 3. The van der Waals surface area contributed by atoms with E-state index >= 15 is 0 Å². The molecule has 0 unspecified atom stereocenters. The van der Waals surface area contributed by atoms with E-state index in [2.05, 4.69) is 87.7 Å². The Morgan fingerprint density at radius 3 is 1.88 bits per heavy atom. The molecule has 0 aliphatic carbocycles. The first-order valence-electron chi connectivity index (χ1n) is 8.61. The molecule has 3 heteroatoms. The summed E-state index contributed by atoms with van der Waals surface area (Å²) in [6.45, 7) is 1.91. The zero-order valence-electron chi connectivity index (χ0n) is 14.6. The first-order valence-corrected chi connectivity index (χ1v) is 8.61. The number of rotatable bonds is 4. The van der Waals surface area contributed by atoms with E-state index in [0.717, 1.165) is 34.1 Å². The molecule has 0 radical (unpaired) electrons. The molecule has 4 aromatic rings. The first kappa shape index (κ1) is 16.0. The van der Waals surface area contributed by atoms with Crippen molar-refractivity contribution in [2.45, 2.75) is 6.92 Å². The van der Waals surface area contributed by atoms with Gasteiger partial charge in [0.05, 0.1) is 5.69 Å². The van der Waals surface area contributed by atoms with Gasteiger partial charge in [-0.2, -0.15) is 0 Å². The van der Waals surface area contributed by atoms with Crippen LogP contribution in [0.4, 0.5) is 17.1 Å². The van der Waals surface area contributed by atoms with Crippen molar-refractivity contribution in [3.05, 3.63) is 103 Å². The van der Waals surface area contributed by atoms with Crippen LogP contribution in [-0.4, -0.2) is 9.97 Å². The van der Waals surface area contributed by atoms with Gasteiger partial charge in [-0.15, -0.1) is 0 Å². The average molecular weight is 337 g/mol. The summed E-state index contributed by atoms with van der Waals surface area (Å²) in [7, 11) is 0. The number of benzene rings is 3. The summed E-state index contributed by atoms with van der Waals surface area (Å²) < 4.78 is 0. The van der Waals surface area contributed by atoms with Gasteiger partial charge in [0.15, 0.2) is 0 Å². The standard InChI is InChI=1S/C23H19N3/c1-18-24-16-15-23(25-18)19-9-8-14-22(17-19)26(20-10-4-2-5-11-20)21-12-6-3-7-13-21/h2-17H,1H3. The summed E-state index contributed by atoms with van der Waals surface area (Å²) in [4.78, 5) is 11.0. The largest absolute Gasteiger partial charge is 0.310 e. The van der Waals surface area contributed by atoms with Gasteiger partial charge < -0.3 is 4.90 Å². The van der Waals surface area contributed by atoms with Gasteiger partial charge in [-0.05, 0) is 49.4 Å². The van der Waals surface area contributed by atoms with Crippen molar-refractivity contribution in [3.8, 4) is 11.3 Å². The van der Waals surface area contributed by atoms with Crippen LogP contribution in [0, 0.1) is 6.92 Å². The normalized spacial score (nSPS) is 10.5. The molecule has 0 aliphatic rings. The predicted molar refractivity (Wildman–Crippen MR) is 107 cm³/mol. The minimum Gasteiger partial charge on any atom is -0.310 e. The first-order chi connectivity index (χ1) is 12.8. The molecule has 1 aromatic heterocycles. The van der Waals surface area contributed by atoms with Crippen molar-refractivity contribution in [1.82, 2.24) is 9.97 Å². The van der Waals surface area contributed by atoms with E-state index in [-0.39, 0.29) is 0 Å². The molecule has 0 N–H and O–H groups in total. The highest BCUT2D eigenvalue weighted by atomic mass is 15.1. The second kappa shape index (κ2) is 7.19. The molecule has 0 bridgehead atoms. The van der Waals surface area contributed by atoms with Crippen LogP contribution in [0.1, 0.15) is 5.82 Å². The highest BCUT2D eigenvalue weighted by Gasteiger charge is 2.12. The maximum atomic E-state index is 4.56. The number of nitrogens with zero attached hydrogens (tertiary/aromatic N) is 3. The van der Waals surface area contributed by atoms with Crippen LogP contribution in [0.15, 0.2) is 97.2 Å². The molecule has 1 heterocycles. The summed E-state index contributed by atoms with van der Waals surface area (Å²) in [5.74, 6) is 0.774. The molecule has 0 saturated carbocycles. The van der Waals surface area contributed by atoms with Gasteiger partial charge in [0.2, 0.25) is 0 Å². The highest BCUT2D eigenvalue weighted by Crippen LogP contribution is 2.35. The molecule has 0 saturated heterocycles. The Kier molecular flexibility index (Phi) is 4.44. The lowest BCUT2D eigenvalue weighted by molar-refractivity contribution is 1.06. The van der Waals surface area contributed by atoms with Crippen LogP contribution >= 0.6 is 0 Å². The fourth-order valence-corrected chi connectivity index (χ4v) is 3.02. The van der Waals surface area contributed by atoms with Gasteiger partial charge in [0, 0.05) is 28.8 Å². The average Bonchev–Trinajstić information content (AvgIpc) is 2.70. The third kappa shape index (κ3) is 3.33. The van der Waals surface area contributed by atoms with Crippen LogP contribution < -0.4 is 4.90 Å². The minimum atomic E-state index is 0.774. The zero-order valence-corrected chi connectivity index (χ0v) is 14.6. The Labute approximate surface area is 153 Å². The molecular formula is C23H19N3. The smallest absolute Gasteiger partial charge is 0.125 e. The van der Waals surface area contributed by atoms with Gasteiger partial charge in [0.25, 0.3) is 0 Å². The molecule has 0 fully saturated rings. The predicted octanol–water partition coefficient (Wildman–Crippen LogP) is 5.92. The van der Waals surface area contributed by atoms with Crippen LogP contribution in [-0.2, 0) is 0 Å². The van der Waals surface area contributed by atoms with E-state index in [4.69, 9.17) is 0 Å². The fourth-order valence-electron chi connectivity index (χ4n) is 3.02. The summed E-state index contributed by atoms with van der Waals surface area (Å²) in [6, 6.07) is 31.2. The molecule has 0 aliphatic heterocycles. The molecule has 3 aromatic carbocycles. The van der Waals surface area contributed by atoms with E-state index < -0.39 is 0 Å². The van der Waals surface area contributed by atoms with Gasteiger partial charge in [-0.1, -0.05) is 48.5 Å². The summed E-state index contributed by atoms with van der Waals surface area (Å²) in [6.07, 6.45) is 1.80. The fraction of sp³-hybridized carbons (Fsp3) is 0.0435. The van der Waals surface area contributed by atoms with Crippen molar-refractivity contribution in [2.75, 3.05) is 4.90 Å². The Hall–Kier alpha value is -3.46. The van der Waals surface area contributed by atoms with Crippen LogP contribution in [0.3, 0.4) is 0 Å². The molecule has 0 atom stereocenters. The second-order valence-electron chi connectivity index (χ2n) is 6.05. The van der Waals surface area contributed by atoms with Gasteiger partial charge >= 0.3 is 0 Å².